The van der Waals surface area contributed by atoms with Gasteiger partial charge in [-0.05, 0) is 56.4 Å². The Labute approximate surface area is 213 Å². The van der Waals surface area contributed by atoms with Crippen molar-refractivity contribution in [2.24, 2.45) is 0 Å². The number of nitrogens with zero attached hydrogens (tertiary/aromatic N) is 2. The number of aromatic nitrogens is 2. The first-order valence-electron chi connectivity index (χ1n) is 13.7. The van der Waals surface area contributed by atoms with Gasteiger partial charge in [0, 0.05) is 18.8 Å². The molecule has 0 aliphatic rings. The summed E-state index contributed by atoms with van der Waals surface area (Å²) in [5, 5.41) is 0. The van der Waals surface area contributed by atoms with E-state index in [1.54, 1.807) is 12.4 Å². The minimum atomic E-state index is 0.599. The minimum Gasteiger partial charge on any atom is -0.490 e. The molecule has 0 aliphatic carbocycles. The van der Waals surface area contributed by atoms with E-state index >= 15 is 0 Å². The molecule has 2 aromatic rings. The van der Waals surface area contributed by atoms with Gasteiger partial charge in [0.1, 0.15) is 12.4 Å². The molecule has 0 bridgehead atoms. The highest BCUT2D eigenvalue weighted by Gasteiger charge is 2.03. The van der Waals surface area contributed by atoms with Crippen LogP contribution < -0.4 is 9.47 Å². The molecule has 5 nitrogen and oxygen atoms in total. The van der Waals surface area contributed by atoms with E-state index in [1.165, 1.54) is 57.8 Å². The first kappa shape index (κ1) is 28.8. The first-order chi connectivity index (χ1) is 17.3. The Bertz CT molecular complexity index is 775. The van der Waals surface area contributed by atoms with Gasteiger partial charge in [-0.2, -0.15) is 0 Å². The van der Waals surface area contributed by atoms with Crippen LogP contribution in [0.3, 0.4) is 0 Å². The first-order valence-corrected chi connectivity index (χ1v) is 13.7. The zero-order valence-electron chi connectivity index (χ0n) is 22.1. The molecule has 0 aliphatic heterocycles. The maximum atomic E-state index is 5.81. The molecule has 35 heavy (non-hydrogen) atoms. The second-order valence-corrected chi connectivity index (χ2v) is 8.98. The van der Waals surface area contributed by atoms with Crippen molar-refractivity contribution in [3.8, 4) is 22.9 Å². The van der Waals surface area contributed by atoms with Crippen LogP contribution in [0.2, 0.25) is 0 Å². The maximum Gasteiger partial charge on any atom is 0.159 e. The summed E-state index contributed by atoms with van der Waals surface area (Å²) in [6, 6.07) is 7.91. The third-order valence-corrected chi connectivity index (χ3v) is 5.82. The third-order valence-electron chi connectivity index (χ3n) is 5.82. The molecule has 2 rings (SSSR count). The van der Waals surface area contributed by atoms with Crippen molar-refractivity contribution in [1.82, 2.24) is 9.97 Å². The third kappa shape index (κ3) is 13.9. The van der Waals surface area contributed by atoms with E-state index in [0.29, 0.717) is 24.8 Å². The summed E-state index contributed by atoms with van der Waals surface area (Å²) in [5.41, 5.74) is 0.961. The normalized spacial score (nSPS) is 11.3. The lowest BCUT2D eigenvalue weighted by Crippen LogP contribution is -2.02. The molecule has 0 fully saturated rings. The quantitative estimate of drug-likeness (QED) is 0.133. The van der Waals surface area contributed by atoms with Crippen LogP contribution in [0.1, 0.15) is 90.9 Å². The number of benzene rings is 1. The summed E-state index contributed by atoms with van der Waals surface area (Å²) < 4.78 is 17.2. The minimum absolute atomic E-state index is 0.599. The molecular formula is C30H46N2O3. The second kappa shape index (κ2) is 19.9. The van der Waals surface area contributed by atoms with Crippen LogP contribution in [-0.4, -0.2) is 36.4 Å². The van der Waals surface area contributed by atoms with Crippen molar-refractivity contribution in [3.05, 3.63) is 48.8 Å². The standard InChI is InChI=1S/C30H46N2O3/c1-3-5-7-9-10-11-12-14-23-34-28-19-17-27(18-20-28)30-31-25-29(26-32-30)35-24-16-15-22-33-21-13-8-6-4-2/h12,14,17-20,25-26H,3-11,13,15-16,21-24H2,1-2H3/b14-12+. The number of rotatable bonds is 21. The van der Waals surface area contributed by atoms with Crippen LogP contribution in [0, 0.1) is 0 Å². The smallest absolute Gasteiger partial charge is 0.159 e. The zero-order valence-corrected chi connectivity index (χ0v) is 22.1. The highest BCUT2D eigenvalue weighted by molar-refractivity contribution is 5.56. The summed E-state index contributed by atoms with van der Waals surface area (Å²) in [7, 11) is 0. The predicted octanol–water partition coefficient (Wildman–Crippen LogP) is 8.20. The van der Waals surface area contributed by atoms with Gasteiger partial charge >= 0.3 is 0 Å². The van der Waals surface area contributed by atoms with Crippen LogP contribution >= 0.6 is 0 Å². The Kier molecular flexibility index (Phi) is 16.4. The molecule has 0 N–H and O–H groups in total. The fourth-order valence-corrected chi connectivity index (χ4v) is 3.67. The fraction of sp³-hybridized carbons (Fsp3) is 0.600. The fourth-order valence-electron chi connectivity index (χ4n) is 3.67. The number of ether oxygens (including phenoxy) is 3. The van der Waals surface area contributed by atoms with Crippen molar-refractivity contribution in [1.29, 1.82) is 0 Å². The SMILES string of the molecule is CCCCCCC/C=C/COc1ccc(-c2ncc(OCCCCOCCCCCC)cn2)cc1. The van der Waals surface area contributed by atoms with E-state index < -0.39 is 0 Å². The summed E-state index contributed by atoms with van der Waals surface area (Å²) in [6.45, 7) is 7.41. The molecule has 5 heteroatoms. The van der Waals surface area contributed by atoms with Crippen molar-refractivity contribution in [2.45, 2.75) is 90.9 Å². The molecule has 0 atom stereocenters. The molecule has 194 valence electrons. The lowest BCUT2D eigenvalue weighted by atomic mass is 10.1. The van der Waals surface area contributed by atoms with E-state index in [4.69, 9.17) is 14.2 Å². The van der Waals surface area contributed by atoms with E-state index in [0.717, 1.165) is 43.8 Å². The lowest BCUT2D eigenvalue weighted by Gasteiger charge is -2.08. The molecular weight excluding hydrogens is 436 g/mol. The van der Waals surface area contributed by atoms with Gasteiger partial charge < -0.3 is 14.2 Å². The van der Waals surface area contributed by atoms with Crippen LogP contribution in [0.25, 0.3) is 11.4 Å². The largest absolute Gasteiger partial charge is 0.490 e. The Balaban J connectivity index is 1.58. The zero-order chi connectivity index (χ0) is 24.8. The molecule has 0 amide bonds. The summed E-state index contributed by atoms with van der Waals surface area (Å²) in [5.74, 6) is 2.24. The number of hydrogen-bond acceptors (Lipinski definition) is 5. The van der Waals surface area contributed by atoms with Crippen molar-refractivity contribution in [2.75, 3.05) is 26.4 Å². The predicted molar refractivity (Wildman–Crippen MR) is 145 cm³/mol. The van der Waals surface area contributed by atoms with Crippen LogP contribution in [0.5, 0.6) is 11.5 Å². The summed E-state index contributed by atoms with van der Waals surface area (Å²) in [4.78, 5) is 8.90. The highest BCUT2D eigenvalue weighted by Crippen LogP contribution is 2.20. The number of hydrogen-bond donors (Lipinski definition) is 0. The monoisotopic (exact) mass is 482 g/mol. The Morgan fingerprint density at radius 1 is 0.629 bits per heavy atom. The highest BCUT2D eigenvalue weighted by atomic mass is 16.5. The van der Waals surface area contributed by atoms with Crippen LogP contribution in [0.4, 0.5) is 0 Å². The van der Waals surface area contributed by atoms with Gasteiger partial charge in [0.15, 0.2) is 11.6 Å². The van der Waals surface area contributed by atoms with Gasteiger partial charge in [0.25, 0.3) is 0 Å². The summed E-state index contributed by atoms with van der Waals surface area (Å²) >= 11 is 0. The van der Waals surface area contributed by atoms with E-state index in [9.17, 15) is 0 Å². The number of unbranched alkanes of at least 4 members (excludes halogenated alkanes) is 9. The topological polar surface area (TPSA) is 53.5 Å². The molecule has 0 saturated carbocycles. The van der Waals surface area contributed by atoms with E-state index in [-0.39, 0.29) is 0 Å². The van der Waals surface area contributed by atoms with Crippen molar-refractivity contribution < 1.29 is 14.2 Å². The van der Waals surface area contributed by atoms with Gasteiger partial charge in [-0.25, -0.2) is 9.97 Å². The Morgan fingerprint density at radius 3 is 1.97 bits per heavy atom. The van der Waals surface area contributed by atoms with Crippen molar-refractivity contribution in [3.63, 3.8) is 0 Å². The molecule has 1 aromatic heterocycles. The molecule has 1 aromatic carbocycles. The van der Waals surface area contributed by atoms with Gasteiger partial charge in [0.2, 0.25) is 0 Å². The van der Waals surface area contributed by atoms with Gasteiger partial charge in [-0.1, -0.05) is 70.9 Å². The van der Waals surface area contributed by atoms with E-state index in [1.807, 2.05) is 24.3 Å². The van der Waals surface area contributed by atoms with Crippen molar-refractivity contribution >= 4 is 0 Å². The molecule has 0 spiro atoms. The maximum absolute atomic E-state index is 5.81. The van der Waals surface area contributed by atoms with E-state index in [2.05, 4.69) is 36.0 Å². The van der Waals surface area contributed by atoms with Gasteiger partial charge in [-0.15, -0.1) is 0 Å². The van der Waals surface area contributed by atoms with Crippen LogP contribution in [-0.2, 0) is 4.74 Å². The van der Waals surface area contributed by atoms with Crippen LogP contribution in [0.15, 0.2) is 48.8 Å². The summed E-state index contributed by atoms with van der Waals surface area (Å²) in [6.07, 6.45) is 22.5. The average Bonchev–Trinajstić information content (AvgIpc) is 2.89. The molecule has 0 radical (unpaired) electrons. The Morgan fingerprint density at radius 2 is 1.26 bits per heavy atom. The Hall–Kier alpha value is -2.40. The molecule has 1 heterocycles. The molecule has 0 unspecified atom stereocenters. The van der Waals surface area contributed by atoms with Gasteiger partial charge in [0.05, 0.1) is 19.0 Å². The molecule has 0 saturated heterocycles. The lowest BCUT2D eigenvalue weighted by molar-refractivity contribution is 0.122. The average molecular weight is 483 g/mol. The van der Waals surface area contributed by atoms with Gasteiger partial charge in [-0.3, -0.25) is 0 Å². The second-order valence-electron chi connectivity index (χ2n) is 8.98. The number of allylic oxidation sites excluding steroid dienone is 1.